The van der Waals surface area contributed by atoms with E-state index in [9.17, 15) is 4.79 Å². The van der Waals surface area contributed by atoms with Crippen molar-refractivity contribution in [3.8, 4) is 0 Å². The fourth-order valence-electron chi connectivity index (χ4n) is 2.32. The van der Waals surface area contributed by atoms with E-state index in [1.807, 2.05) is 4.90 Å². The first kappa shape index (κ1) is 20.4. The molecule has 0 fully saturated rings. The van der Waals surface area contributed by atoms with E-state index < -0.39 is 0 Å². The van der Waals surface area contributed by atoms with Crippen LogP contribution in [0.25, 0.3) is 0 Å². The van der Waals surface area contributed by atoms with Crippen molar-refractivity contribution >= 4 is 5.91 Å². The van der Waals surface area contributed by atoms with Crippen molar-refractivity contribution in [3.63, 3.8) is 0 Å². The molecule has 0 aromatic rings. The molecule has 0 saturated heterocycles. The van der Waals surface area contributed by atoms with E-state index in [0.29, 0.717) is 25.4 Å². The molecular weight excluding hydrogens is 264 g/mol. The zero-order valence-electron chi connectivity index (χ0n) is 14.4. The van der Waals surface area contributed by atoms with Gasteiger partial charge in [-0.25, -0.2) is 0 Å². The van der Waals surface area contributed by atoms with E-state index in [1.165, 1.54) is 25.7 Å². The van der Waals surface area contributed by atoms with E-state index >= 15 is 0 Å². The molecule has 0 bridgehead atoms. The van der Waals surface area contributed by atoms with Crippen LogP contribution in [-0.4, -0.2) is 48.2 Å². The van der Waals surface area contributed by atoms with Crippen LogP contribution >= 0.6 is 0 Å². The molecule has 0 aromatic heterocycles. The average Bonchev–Trinajstić information content (AvgIpc) is 2.46. The molecule has 1 amide bonds. The summed E-state index contributed by atoms with van der Waals surface area (Å²) in [5.74, 6) is 0.240. The molecule has 4 nitrogen and oxygen atoms in total. The Balaban J connectivity index is 3.92. The number of amides is 1. The fraction of sp³-hybridized carbons (Fsp3) is 0.941. The topological polar surface area (TPSA) is 52.6 Å². The number of carbonyl (C=O) groups excluding carboxylic acids is 1. The normalized spacial score (nSPS) is 11.1. The highest BCUT2D eigenvalue weighted by Gasteiger charge is 2.12. The van der Waals surface area contributed by atoms with Gasteiger partial charge in [0.2, 0.25) is 5.91 Å². The van der Waals surface area contributed by atoms with Crippen molar-refractivity contribution in [2.75, 3.05) is 26.2 Å². The third-order valence-electron chi connectivity index (χ3n) is 3.59. The Morgan fingerprint density at radius 3 is 2.33 bits per heavy atom. The van der Waals surface area contributed by atoms with E-state index in [0.717, 1.165) is 25.9 Å². The maximum Gasteiger partial charge on any atom is 0.222 e. The predicted molar refractivity (Wildman–Crippen MR) is 89.4 cm³/mol. The molecule has 0 unspecified atom stereocenters. The minimum absolute atomic E-state index is 0.161. The van der Waals surface area contributed by atoms with Crippen molar-refractivity contribution in [1.29, 1.82) is 0 Å². The Morgan fingerprint density at radius 1 is 1.05 bits per heavy atom. The Bertz CT molecular complexity index is 245. The SMILES string of the molecule is CCCCCCCN(CCCO)C(=O)CCCNC(C)C. The number of carbonyl (C=O) groups is 1. The summed E-state index contributed by atoms with van der Waals surface area (Å²) in [5.41, 5.74) is 0. The van der Waals surface area contributed by atoms with Crippen LogP contribution < -0.4 is 5.32 Å². The Morgan fingerprint density at radius 2 is 1.71 bits per heavy atom. The molecule has 0 spiro atoms. The molecule has 0 rings (SSSR count). The summed E-state index contributed by atoms with van der Waals surface area (Å²) < 4.78 is 0. The standard InChI is InChI=1S/C17H36N2O2/c1-4-5-6-7-8-13-19(14-10-15-20)17(21)11-9-12-18-16(2)3/h16,18,20H,4-15H2,1-3H3. The van der Waals surface area contributed by atoms with Crippen LogP contribution in [-0.2, 0) is 4.79 Å². The maximum absolute atomic E-state index is 12.2. The molecule has 0 heterocycles. The minimum atomic E-state index is 0.161. The number of rotatable bonds is 14. The number of unbranched alkanes of at least 4 members (excludes halogenated alkanes) is 4. The predicted octanol–water partition coefficient (Wildman–Crippen LogP) is 2.95. The molecule has 0 aliphatic rings. The Kier molecular flexibility index (Phi) is 13.9. The van der Waals surface area contributed by atoms with Crippen LogP contribution in [0, 0.1) is 0 Å². The zero-order valence-corrected chi connectivity index (χ0v) is 14.4. The van der Waals surface area contributed by atoms with Crippen molar-refractivity contribution < 1.29 is 9.90 Å². The zero-order chi connectivity index (χ0) is 15.9. The Hall–Kier alpha value is -0.610. The van der Waals surface area contributed by atoms with Gasteiger partial charge in [-0.3, -0.25) is 4.79 Å². The largest absolute Gasteiger partial charge is 0.396 e. The van der Waals surface area contributed by atoms with Gasteiger partial charge in [-0.15, -0.1) is 0 Å². The lowest BCUT2D eigenvalue weighted by atomic mass is 10.1. The molecule has 0 aromatic carbocycles. The second kappa shape index (κ2) is 14.3. The average molecular weight is 300 g/mol. The van der Waals surface area contributed by atoms with Crippen LogP contribution in [0.2, 0.25) is 0 Å². The molecule has 0 aliphatic carbocycles. The highest BCUT2D eigenvalue weighted by molar-refractivity contribution is 5.76. The van der Waals surface area contributed by atoms with Crippen LogP contribution in [0.3, 0.4) is 0 Å². The highest BCUT2D eigenvalue weighted by Crippen LogP contribution is 2.06. The van der Waals surface area contributed by atoms with E-state index in [1.54, 1.807) is 0 Å². The summed E-state index contributed by atoms with van der Waals surface area (Å²) in [4.78, 5) is 14.2. The van der Waals surface area contributed by atoms with Gasteiger partial charge in [0.05, 0.1) is 0 Å². The lowest BCUT2D eigenvalue weighted by Crippen LogP contribution is -2.34. The van der Waals surface area contributed by atoms with Gasteiger partial charge in [0.1, 0.15) is 0 Å². The summed E-state index contributed by atoms with van der Waals surface area (Å²) in [6.07, 6.45) is 8.26. The smallest absolute Gasteiger partial charge is 0.222 e. The third-order valence-corrected chi connectivity index (χ3v) is 3.59. The number of hydrogen-bond donors (Lipinski definition) is 2. The molecule has 0 aliphatic heterocycles. The summed E-state index contributed by atoms with van der Waals surface area (Å²) >= 11 is 0. The van der Waals surface area contributed by atoms with E-state index in [2.05, 4.69) is 26.1 Å². The van der Waals surface area contributed by atoms with Gasteiger partial charge in [-0.2, -0.15) is 0 Å². The first-order valence-corrected chi connectivity index (χ1v) is 8.73. The van der Waals surface area contributed by atoms with Crippen molar-refractivity contribution in [1.82, 2.24) is 10.2 Å². The second-order valence-corrected chi connectivity index (χ2v) is 6.08. The quantitative estimate of drug-likeness (QED) is 0.485. The summed E-state index contributed by atoms with van der Waals surface area (Å²) in [7, 11) is 0. The van der Waals surface area contributed by atoms with Crippen LogP contribution in [0.5, 0.6) is 0 Å². The monoisotopic (exact) mass is 300 g/mol. The number of nitrogens with zero attached hydrogens (tertiary/aromatic N) is 1. The van der Waals surface area contributed by atoms with Gasteiger partial charge < -0.3 is 15.3 Å². The molecule has 0 radical (unpaired) electrons. The molecular formula is C17H36N2O2. The minimum Gasteiger partial charge on any atom is -0.396 e. The van der Waals surface area contributed by atoms with E-state index in [4.69, 9.17) is 5.11 Å². The highest BCUT2D eigenvalue weighted by atomic mass is 16.3. The van der Waals surface area contributed by atoms with Crippen LogP contribution in [0.15, 0.2) is 0 Å². The first-order valence-electron chi connectivity index (χ1n) is 8.73. The second-order valence-electron chi connectivity index (χ2n) is 6.08. The number of hydrogen-bond acceptors (Lipinski definition) is 3. The van der Waals surface area contributed by atoms with Gasteiger partial charge >= 0.3 is 0 Å². The van der Waals surface area contributed by atoms with Crippen LogP contribution in [0.1, 0.15) is 72.1 Å². The van der Waals surface area contributed by atoms with Gasteiger partial charge in [0.25, 0.3) is 0 Å². The lowest BCUT2D eigenvalue weighted by molar-refractivity contribution is -0.131. The molecule has 0 atom stereocenters. The number of aliphatic hydroxyl groups excluding tert-OH is 1. The molecule has 0 saturated carbocycles. The molecule has 2 N–H and O–H groups in total. The number of nitrogens with one attached hydrogen (secondary N) is 1. The van der Waals surface area contributed by atoms with Gasteiger partial charge in [0.15, 0.2) is 0 Å². The van der Waals surface area contributed by atoms with Crippen molar-refractivity contribution in [2.24, 2.45) is 0 Å². The Labute approximate surface area is 131 Å². The summed E-state index contributed by atoms with van der Waals surface area (Å²) in [5, 5.41) is 12.3. The van der Waals surface area contributed by atoms with Crippen LogP contribution in [0.4, 0.5) is 0 Å². The lowest BCUT2D eigenvalue weighted by Gasteiger charge is -2.22. The van der Waals surface area contributed by atoms with Crippen molar-refractivity contribution in [3.05, 3.63) is 0 Å². The molecule has 4 heteroatoms. The third kappa shape index (κ3) is 12.8. The van der Waals surface area contributed by atoms with E-state index in [-0.39, 0.29) is 12.5 Å². The van der Waals surface area contributed by atoms with Gasteiger partial charge in [-0.05, 0) is 25.8 Å². The fourth-order valence-corrected chi connectivity index (χ4v) is 2.32. The maximum atomic E-state index is 12.2. The first-order chi connectivity index (χ1) is 10.1. The number of aliphatic hydroxyl groups is 1. The molecule has 21 heavy (non-hydrogen) atoms. The van der Waals surface area contributed by atoms with Gasteiger partial charge in [0, 0.05) is 32.2 Å². The van der Waals surface area contributed by atoms with Gasteiger partial charge in [-0.1, -0.05) is 46.5 Å². The summed E-state index contributed by atoms with van der Waals surface area (Å²) in [6.45, 7) is 9.04. The molecule has 126 valence electrons. The van der Waals surface area contributed by atoms with Crippen molar-refractivity contribution in [2.45, 2.75) is 78.2 Å². The summed E-state index contributed by atoms with van der Waals surface area (Å²) in [6, 6.07) is 0.476.